The van der Waals surface area contributed by atoms with Gasteiger partial charge in [0.15, 0.2) is 5.67 Å². The van der Waals surface area contributed by atoms with Crippen molar-refractivity contribution in [1.82, 2.24) is 0 Å². The van der Waals surface area contributed by atoms with Crippen LogP contribution < -0.4 is 12.4 Å². The molecule has 0 saturated carbocycles. The highest BCUT2D eigenvalue weighted by molar-refractivity contribution is 6.62. The molecular weight excluding hydrogens is 366 g/mol. The molecule has 0 radical (unpaired) electrons. The summed E-state index contributed by atoms with van der Waals surface area (Å²) in [6.07, 6.45) is 10.5. The third-order valence-corrected chi connectivity index (χ3v) is 9.01. The molecule has 0 fully saturated rings. The number of hydrogen-bond donors (Lipinski definition) is 0. The smallest absolute Gasteiger partial charge is 0.562 e. The first kappa shape index (κ1) is 28.6. The van der Waals surface area contributed by atoms with Crippen molar-refractivity contribution in [3.8, 4) is 0 Å². The maximum absolute atomic E-state index is 6.20. The minimum atomic E-state index is -2.67. The molecule has 0 aliphatic rings. The molecule has 160 valence electrons. The number of nitrogens with zero attached hydrogens (tertiary/aromatic N) is 1. The van der Waals surface area contributed by atoms with Crippen LogP contribution in [0.15, 0.2) is 0 Å². The van der Waals surface area contributed by atoms with Gasteiger partial charge in [0.1, 0.15) is 0 Å². The van der Waals surface area contributed by atoms with Gasteiger partial charge in [0.05, 0.1) is 20.6 Å². The molecule has 0 N–H and O–H groups in total. The van der Waals surface area contributed by atoms with Gasteiger partial charge in [-0.2, -0.15) is 0 Å². The monoisotopic (exact) mass is 411 g/mol. The number of hydrogen-bond acceptors (Lipinski definition) is 3. The van der Waals surface area contributed by atoms with Crippen LogP contribution in [0.3, 0.4) is 0 Å². The lowest BCUT2D eigenvalue weighted by atomic mass is 10.1. The van der Waals surface area contributed by atoms with E-state index in [2.05, 4.69) is 27.9 Å². The summed E-state index contributed by atoms with van der Waals surface area (Å²) in [6.45, 7) is 13.8. The van der Waals surface area contributed by atoms with E-state index in [1.165, 1.54) is 44.9 Å². The van der Waals surface area contributed by atoms with Gasteiger partial charge < -0.3 is 30.2 Å². The molecule has 0 aromatic heterocycles. The fraction of sp³-hybridized carbons (Fsp3) is 1.00. The second-order valence-electron chi connectivity index (χ2n) is 7.45. The average Bonchev–Trinajstić information content (AvgIpc) is 2.55. The normalized spacial score (nSPS) is 13.5. The Morgan fingerprint density at radius 3 is 1.50 bits per heavy atom. The van der Waals surface area contributed by atoms with Gasteiger partial charge in [0, 0.05) is 26.2 Å². The molecule has 0 bridgehead atoms. The summed E-state index contributed by atoms with van der Waals surface area (Å²) in [4.78, 5) is 0. The van der Waals surface area contributed by atoms with E-state index in [0.717, 1.165) is 17.4 Å². The zero-order valence-electron chi connectivity index (χ0n) is 18.6. The van der Waals surface area contributed by atoms with E-state index < -0.39 is 8.80 Å². The van der Waals surface area contributed by atoms with Crippen LogP contribution in [0.5, 0.6) is 0 Å². The maximum atomic E-state index is 6.20. The van der Waals surface area contributed by atoms with Crippen molar-refractivity contribution in [3.63, 3.8) is 0 Å². The van der Waals surface area contributed by atoms with Crippen molar-refractivity contribution in [2.45, 2.75) is 91.7 Å². The van der Waals surface area contributed by atoms with E-state index in [9.17, 15) is 0 Å². The molecule has 0 saturated heterocycles. The van der Waals surface area contributed by atoms with Crippen LogP contribution >= 0.6 is 0 Å². The van der Waals surface area contributed by atoms with Crippen LogP contribution in [-0.4, -0.2) is 59.4 Å². The summed E-state index contributed by atoms with van der Waals surface area (Å²) in [6, 6.07) is 0. The Balaban J connectivity index is 0. The Bertz CT molecular complexity index is 302. The fourth-order valence-corrected chi connectivity index (χ4v) is 7.34. The van der Waals surface area contributed by atoms with Gasteiger partial charge in [0.25, 0.3) is 0 Å². The first-order valence-electron chi connectivity index (χ1n) is 10.7. The van der Waals surface area contributed by atoms with Crippen LogP contribution in [0.1, 0.15) is 86.0 Å². The van der Waals surface area contributed by atoms with Gasteiger partial charge in [-0.1, -0.05) is 46.0 Å². The summed E-state index contributed by atoms with van der Waals surface area (Å²) >= 11 is 0. The van der Waals surface area contributed by atoms with Crippen LogP contribution in [0.25, 0.3) is 0 Å². The molecule has 0 heterocycles. The maximum Gasteiger partial charge on any atom is 0.562 e. The highest BCUT2D eigenvalue weighted by atomic mass is 35.5. The van der Waals surface area contributed by atoms with Gasteiger partial charge in [0.2, 0.25) is 0 Å². The molecular formula is C20H46ClNO3Si. The zero-order chi connectivity index (χ0) is 19.2. The molecule has 0 spiro atoms. The van der Waals surface area contributed by atoms with Crippen molar-refractivity contribution in [2.75, 3.05) is 40.5 Å². The Morgan fingerprint density at radius 1 is 0.692 bits per heavy atom. The topological polar surface area (TPSA) is 27.7 Å². The second kappa shape index (κ2) is 16.3. The van der Waals surface area contributed by atoms with Crippen molar-refractivity contribution in [1.29, 1.82) is 0 Å². The molecule has 6 heteroatoms. The molecule has 4 nitrogen and oxygen atoms in total. The second-order valence-corrected chi connectivity index (χ2v) is 10.2. The Hall–Kier alpha value is 0.347. The van der Waals surface area contributed by atoms with E-state index in [1.807, 2.05) is 20.8 Å². The molecule has 0 rings (SSSR count). The molecule has 0 aromatic rings. The number of unbranched alkanes of at least 4 members (excludes halogenated alkanes) is 6. The lowest BCUT2D eigenvalue weighted by Crippen LogP contribution is -3.00. The predicted molar refractivity (Wildman–Crippen MR) is 110 cm³/mol. The summed E-state index contributed by atoms with van der Waals surface area (Å²) < 4.78 is 19.5. The van der Waals surface area contributed by atoms with Crippen molar-refractivity contribution in [2.24, 2.45) is 0 Å². The molecule has 0 aromatic carbocycles. The first-order valence-corrected chi connectivity index (χ1v) is 12.5. The Labute approximate surface area is 171 Å². The number of quaternary nitrogens is 1. The average molecular weight is 412 g/mol. The lowest BCUT2D eigenvalue weighted by Gasteiger charge is -2.44. The number of rotatable bonds is 17. The minimum Gasteiger partial charge on any atom is -1.00 e. The summed E-state index contributed by atoms with van der Waals surface area (Å²) in [5.41, 5.74) is 0.299. The summed E-state index contributed by atoms with van der Waals surface area (Å²) in [7, 11) is 1.97. The van der Waals surface area contributed by atoms with E-state index in [-0.39, 0.29) is 12.4 Å². The quantitative estimate of drug-likeness (QED) is 0.208. The van der Waals surface area contributed by atoms with E-state index in [4.69, 9.17) is 13.3 Å². The molecule has 1 atom stereocenters. The van der Waals surface area contributed by atoms with Gasteiger partial charge in [-0.05, 0) is 33.6 Å². The van der Waals surface area contributed by atoms with Crippen LogP contribution in [-0.2, 0) is 13.3 Å². The van der Waals surface area contributed by atoms with Crippen molar-refractivity contribution in [3.05, 3.63) is 0 Å². The highest BCUT2D eigenvalue weighted by Crippen LogP contribution is 2.27. The van der Waals surface area contributed by atoms with Crippen LogP contribution in [0.4, 0.5) is 0 Å². The molecule has 0 amide bonds. The predicted octanol–water partition coefficient (Wildman–Crippen LogP) is 2.18. The van der Waals surface area contributed by atoms with Gasteiger partial charge in [-0.15, -0.1) is 0 Å². The highest BCUT2D eigenvalue weighted by Gasteiger charge is 2.56. The summed E-state index contributed by atoms with van der Waals surface area (Å²) in [5.74, 6) is 0. The van der Waals surface area contributed by atoms with E-state index in [0.29, 0.717) is 25.5 Å². The number of halogens is 1. The SMILES string of the molecule is CCCCCCCCC[N+](C)(C)C(CC)[Si](OCC)(OCC)OCC.[Cl-]. The third-order valence-electron chi connectivity index (χ3n) is 5.01. The van der Waals surface area contributed by atoms with Gasteiger partial charge in [-0.25, -0.2) is 0 Å². The first-order chi connectivity index (χ1) is 11.9. The van der Waals surface area contributed by atoms with Gasteiger partial charge >= 0.3 is 8.80 Å². The molecule has 0 aliphatic heterocycles. The Kier molecular flexibility index (Phi) is 17.9. The lowest BCUT2D eigenvalue weighted by molar-refractivity contribution is -0.906. The van der Waals surface area contributed by atoms with Crippen molar-refractivity contribution < 1.29 is 30.2 Å². The van der Waals surface area contributed by atoms with Crippen LogP contribution in [0.2, 0.25) is 0 Å². The fourth-order valence-electron chi connectivity index (χ4n) is 3.82. The van der Waals surface area contributed by atoms with Gasteiger partial charge in [-0.3, -0.25) is 0 Å². The van der Waals surface area contributed by atoms with E-state index in [1.54, 1.807) is 0 Å². The third kappa shape index (κ3) is 10.0. The van der Waals surface area contributed by atoms with Crippen LogP contribution in [0, 0.1) is 0 Å². The Morgan fingerprint density at radius 2 is 1.12 bits per heavy atom. The zero-order valence-corrected chi connectivity index (χ0v) is 20.4. The van der Waals surface area contributed by atoms with E-state index >= 15 is 0 Å². The molecule has 26 heavy (non-hydrogen) atoms. The molecule has 0 aliphatic carbocycles. The largest absolute Gasteiger partial charge is 1.00 e. The molecule has 1 unspecified atom stereocenters. The minimum absolute atomic E-state index is 0. The van der Waals surface area contributed by atoms with Crippen molar-refractivity contribution >= 4 is 8.80 Å². The summed E-state index contributed by atoms with van der Waals surface area (Å²) in [5, 5.41) is 0. The standard InChI is InChI=1S/C20H46NO3Si.ClH/c1-8-13-14-15-16-17-18-19-21(6,7)20(9-2)25(22-10-3,23-11-4)24-12-5;/h20H,8-19H2,1-7H3;1H/q+1;/p-1.